The van der Waals surface area contributed by atoms with E-state index in [9.17, 15) is 4.79 Å². The number of halogens is 1. The van der Waals surface area contributed by atoms with Crippen LogP contribution in [0.15, 0.2) is 22.7 Å². The van der Waals surface area contributed by atoms with Crippen molar-refractivity contribution >= 4 is 39.1 Å². The first-order valence-electron chi connectivity index (χ1n) is 6.01. The lowest BCUT2D eigenvalue weighted by atomic mass is 10.2. The molecule has 100 valence electrons. The summed E-state index contributed by atoms with van der Waals surface area (Å²) in [6, 6.07) is 5.72. The number of amides is 1. The number of nitrogens with one attached hydrogen (secondary N) is 1. The summed E-state index contributed by atoms with van der Waals surface area (Å²) in [6.45, 7) is 4.01. The van der Waals surface area contributed by atoms with Crippen LogP contribution in [0.3, 0.4) is 0 Å². The molecule has 2 aromatic rings. The van der Waals surface area contributed by atoms with Crippen molar-refractivity contribution in [2.45, 2.75) is 26.7 Å². The van der Waals surface area contributed by atoms with Crippen LogP contribution in [-0.2, 0) is 6.42 Å². The van der Waals surface area contributed by atoms with Crippen LogP contribution >= 0.6 is 27.5 Å². The van der Waals surface area contributed by atoms with Gasteiger partial charge in [0, 0.05) is 10.2 Å². The van der Waals surface area contributed by atoms with Crippen LogP contribution in [0.1, 0.15) is 34.3 Å². The third kappa shape index (κ3) is 3.19. The van der Waals surface area contributed by atoms with Gasteiger partial charge in [-0.05, 0) is 42.6 Å². The van der Waals surface area contributed by atoms with E-state index in [1.807, 2.05) is 25.1 Å². The highest BCUT2D eigenvalue weighted by Gasteiger charge is 2.16. The lowest BCUT2D eigenvalue weighted by molar-refractivity contribution is 0.102. The van der Waals surface area contributed by atoms with Gasteiger partial charge in [-0.25, -0.2) is 0 Å². The average molecular weight is 340 g/mol. The first kappa shape index (κ1) is 14.1. The molecule has 2 rings (SSSR count). The van der Waals surface area contributed by atoms with Crippen molar-refractivity contribution in [3.05, 3.63) is 38.8 Å². The van der Waals surface area contributed by atoms with E-state index in [1.165, 1.54) is 0 Å². The zero-order valence-electron chi connectivity index (χ0n) is 10.7. The summed E-state index contributed by atoms with van der Waals surface area (Å²) in [7, 11) is 0. The molecule has 0 aliphatic rings. The number of benzene rings is 1. The Bertz CT molecular complexity index is 597. The lowest BCUT2D eigenvalue weighted by Gasteiger charge is -2.08. The van der Waals surface area contributed by atoms with Gasteiger partial charge < -0.3 is 5.32 Å². The fourth-order valence-corrected chi connectivity index (χ4v) is 2.67. The minimum atomic E-state index is -0.139. The highest BCUT2D eigenvalue weighted by molar-refractivity contribution is 9.10. The highest BCUT2D eigenvalue weighted by Crippen LogP contribution is 2.24. The van der Waals surface area contributed by atoms with Crippen LogP contribution in [0.4, 0.5) is 5.69 Å². The molecule has 0 aliphatic heterocycles. The fourth-order valence-electron chi connectivity index (χ4n) is 1.70. The second-order valence-electron chi connectivity index (χ2n) is 4.17. The predicted molar refractivity (Wildman–Crippen MR) is 80.7 cm³/mol. The Morgan fingerprint density at radius 1 is 1.47 bits per heavy atom. The molecule has 4 nitrogen and oxygen atoms in total. The number of aromatic nitrogens is 2. The number of nitrogens with zero attached hydrogens (tertiary/aromatic N) is 2. The van der Waals surface area contributed by atoms with E-state index in [0.717, 1.165) is 45.8 Å². The van der Waals surface area contributed by atoms with Crippen molar-refractivity contribution in [2.75, 3.05) is 5.32 Å². The molecule has 19 heavy (non-hydrogen) atoms. The monoisotopic (exact) mass is 339 g/mol. The molecule has 0 spiro atoms. The summed E-state index contributed by atoms with van der Waals surface area (Å²) >= 11 is 4.59. The van der Waals surface area contributed by atoms with Crippen molar-refractivity contribution in [2.24, 2.45) is 0 Å². The maximum Gasteiger partial charge on any atom is 0.269 e. The van der Waals surface area contributed by atoms with Crippen LogP contribution in [0.2, 0.25) is 0 Å². The highest BCUT2D eigenvalue weighted by atomic mass is 79.9. The van der Waals surface area contributed by atoms with Gasteiger partial charge in [-0.3, -0.25) is 4.79 Å². The molecular formula is C13H14BrN3OS. The van der Waals surface area contributed by atoms with E-state index in [-0.39, 0.29) is 5.91 Å². The summed E-state index contributed by atoms with van der Waals surface area (Å²) in [5, 5.41) is 6.92. The van der Waals surface area contributed by atoms with Crippen LogP contribution in [0.5, 0.6) is 0 Å². The molecule has 0 atom stereocenters. The van der Waals surface area contributed by atoms with E-state index in [0.29, 0.717) is 4.88 Å². The second kappa shape index (κ2) is 6.25. The molecule has 0 aliphatic carbocycles. The Labute approximate surface area is 124 Å². The topological polar surface area (TPSA) is 54.9 Å². The molecule has 0 fully saturated rings. The largest absolute Gasteiger partial charge is 0.321 e. The summed E-state index contributed by atoms with van der Waals surface area (Å²) in [6.07, 6.45) is 1.72. The van der Waals surface area contributed by atoms with Gasteiger partial charge in [0.05, 0.1) is 5.69 Å². The van der Waals surface area contributed by atoms with Gasteiger partial charge in [0.2, 0.25) is 0 Å². The standard InChI is InChI=1S/C13H14BrN3OS/c1-3-5-11-12(19-17-16-11)13(18)15-10-7-4-6-9(14)8(10)2/h4,6-7H,3,5H2,1-2H3,(H,15,18). The molecular weight excluding hydrogens is 326 g/mol. The van der Waals surface area contributed by atoms with E-state index in [2.05, 4.69) is 37.8 Å². The summed E-state index contributed by atoms with van der Waals surface area (Å²) in [4.78, 5) is 12.8. The first-order chi connectivity index (χ1) is 9.13. The molecule has 0 unspecified atom stereocenters. The maximum absolute atomic E-state index is 12.2. The predicted octanol–water partition coefficient (Wildman–Crippen LogP) is 3.81. The molecule has 1 amide bonds. The molecule has 0 saturated heterocycles. The first-order valence-corrected chi connectivity index (χ1v) is 7.57. The van der Waals surface area contributed by atoms with Crippen molar-refractivity contribution in [1.29, 1.82) is 0 Å². The Balaban J connectivity index is 2.21. The van der Waals surface area contributed by atoms with Crippen LogP contribution in [-0.4, -0.2) is 15.5 Å². The summed E-state index contributed by atoms with van der Waals surface area (Å²) in [5.74, 6) is -0.139. The number of carbonyl (C=O) groups is 1. The van der Waals surface area contributed by atoms with Gasteiger partial charge in [0.1, 0.15) is 4.88 Å². The van der Waals surface area contributed by atoms with Gasteiger partial charge in [0.15, 0.2) is 0 Å². The van der Waals surface area contributed by atoms with E-state index in [1.54, 1.807) is 0 Å². The number of rotatable bonds is 4. The molecule has 1 N–H and O–H groups in total. The smallest absolute Gasteiger partial charge is 0.269 e. The van der Waals surface area contributed by atoms with E-state index >= 15 is 0 Å². The van der Waals surface area contributed by atoms with E-state index < -0.39 is 0 Å². The SMILES string of the molecule is CCCc1nnsc1C(=O)Nc1cccc(Br)c1C. The van der Waals surface area contributed by atoms with Crippen LogP contribution in [0.25, 0.3) is 0 Å². The lowest BCUT2D eigenvalue weighted by Crippen LogP contribution is -2.13. The van der Waals surface area contributed by atoms with Crippen LogP contribution in [0, 0.1) is 6.92 Å². The zero-order valence-corrected chi connectivity index (χ0v) is 13.1. The summed E-state index contributed by atoms with van der Waals surface area (Å²) in [5.41, 5.74) is 2.58. The number of hydrogen-bond acceptors (Lipinski definition) is 4. The van der Waals surface area contributed by atoms with E-state index in [4.69, 9.17) is 0 Å². The second-order valence-corrected chi connectivity index (χ2v) is 5.77. The number of anilines is 1. The molecule has 1 heterocycles. The Morgan fingerprint density at radius 3 is 3.00 bits per heavy atom. The van der Waals surface area contributed by atoms with Gasteiger partial charge in [-0.1, -0.05) is 39.8 Å². The number of carbonyl (C=O) groups excluding carboxylic acids is 1. The van der Waals surface area contributed by atoms with Crippen molar-refractivity contribution < 1.29 is 4.79 Å². The normalized spacial score (nSPS) is 10.5. The van der Waals surface area contributed by atoms with Gasteiger partial charge in [0.25, 0.3) is 5.91 Å². The minimum Gasteiger partial charge on any atom is -0.321 e. The molecule has 0 bridgehead atoms. The van der Waals surface area contributed by atoms with Gasteiger partial charge in [-0.2, -0.15) is 0 Å². The molecule has 0 saturated carbocycles. The van der Waals surface area contributed by atoms with Crippen molar-refractivity contribution in [3.8, 4) is 0 Å². The maximum atomic E-state index is 12.2. The number of aryl methyl sites for hydroxylation is 1. The average Bonchev–Trinajstić information content (AvgIpc) is 2.84. The third-order valence-electron chi connectivity index (χ3n) is 2.76. The summed E-state index contributed by atoms with van der Waals surface area (Å²) < 4.78 is 4.84. The Kier molecular flexibility index (Phi) is 4.66. The minimum absolute atomic E-state index is 0.139. The number of hydrogen-bond donors (Lipinski definition) is 1. The van der Waals surface area contributed by atoms with Gasteiger partial charge in [-0.15, -0.1) is 5.10 Å². The Morgan fingerprint density at radius 2 is 2.26 bits per heavy atom. The fraction of sp³-hybridized carbons (Fsp3) is 0.308. The Hall–Kier alpha value is -1.27. The van der Waals surface area contributed by atoms with Gasteiger partial charge >= 0.3 is 0 Å². The molecule has 1 aromatic heterocycles. The molecule has 6 heteroatoms. The van der Waals surface area contributed by atoms with Crippen LogP contribution < -0.4 is 5.32 Å². The van der Waals surface area contributed by atoms with Crippen molar-refractivity contribution in [3.63, 3.8) is 0 Å². The van der Waals surface area contributed by atoms with Crippen molar-refractivity contribution in [1.82, 2.24) is 9.59 Å². The zero-order chi connectivity index (χ0) is 13.8. The molecule has 1 aromatic carbocycles. The molecule has 0 radical (unpaired) electrons. The third-order valence-corrected chi connectivity index (χ3v) is 4.39. The quantitative estimate of drug-likeness (QED) is 0.921.